The van der Waals surface area contributed by atoms with Gasteiger partial charge in [0.15, 0.2) is 11.6 Å². The predicted molar refractivity (Wildman–Crippen MR) is 89.2 cm³/mol. The van der Waals surface area contributed by atoms with E-state index < -0.39 is 11.6 Å². The smallest absolute Gasteiger partial charge is 0.196 e. The molecule has 3 rings (SSSR count). The lowest BCUT2D eigenvalue weighted by atomic mass is 9.83. The van der Waals surface area contributed by atoms with E-state index in [-0.39, 0.29) is 42.3 Å². The van der Waals surface area contributed by atoms with E-state index >= 15 is 0 Å². The third-order valence-electron chi connectivity index (χ3n) is 3.46. The first-order chi connectivity index (χ1) is 10.9. The molecule has 0 aliphatic heterocycles. The molecule has 116 valence electrons. The van der Waals surface area contributed by atoms with Crippen molar-refractivity contribution in [3.8, 4) is 0 Å². The number of rotatable bonds is 1. The van der Waals surface area contributed by atoms with E-state index in [1.165, 1.54) is 18.2 Å². The van der Waals surface area contributed by atoms with Crippen molar-refractivity contribution in [2.45, 2.75) is 0 Å². The highest BCUT2D eigenvalue weighted by molar-refractivity contribution is 6.55. The van der Waals surface area contributed by atoms with Crippen LogP contribution in [-0.2, 0) is 0 Å². The Labute approximate surface area is 150 Å². The van der Waals surface area contributed by atoms with E-state index in [4.69, 9.17) is 51.6 Å². The van der Waals surface area contributed by atoms with Crippen molar-refractivity contribution in [3.05, 3.63) is 66.1 Å². The Kier molecular flexibility index (Phi) is 4.10. The Hall–Kier alpha value is -1.59. The quantitative estimate of drug-likeness (QED) is 0.212. The molecule has 1 aliphatic rings. The van der Waals surface area contributed by atoms with Gasteiger partial charge in [-0.05, 0) is 17.7 Å². The van der Waals surface area contributed by atoms with E-state index in [1.807, 2.05) is 0 Å². The van der Waals surface area contributed by atoms with E-state index in [1.54, 1.807) is 0 Å². The van der Waals surface area contributed by atoms with Crippen molar-refractivity contribution >= 4 is 64.2 Å². The number of benzene rings is 2. The minimum Gasteiger partial charge on any atom is -0.411 e. The number of fused-ring (bicyclic) bond motifs is 2. The molecule has 0 saturated carbocycles. The van der Waals surface area contributed by atoms with Gasteiger partial charge in [0.2, 0.25) is 0 Å². The maximum absolute atomic E-state index is 12.7. The standard InChI is InChI=1S/C15H5Cl4NO3/c16-10-8-9(11(17)13(19)12(10)18)15(22)7-3-5(4-20-23)1-2-6(7)14(8)21/h1-4,23H/b20-4+. The van der Waals surface area contributed by atoms with Crippen molar-refractivity contribution < 1.29 is 14.8 Å². The molecule has 0 fully saturated rings. The lowest BCUT2D eigenvalue weighted by molar-refractivity contribution is 0.0979. The zero-order valence-electron chi connectivity index (χ0n) is 11.0. The van der Waals surface area contributed by atoms with Gasteiger partial charge < -0.3 is 5.21 Å². The lowest BCUT2D eigenvalue weighted by Gasteiger charge is -2.21. The third-order valence-corrected chi connectivity index (χ3v) is 5.26. The molecule has 0 spiro atoms. The van der Waals surface area contributed by atoms with Gasteiger partial charge in [0.1, 0.15) is 0 Å². The van der Waals surface area contributed by atoms with Crippen LogP contribution in [0.15, 0.2) is 23.4 Å². The maximum atomic E-state index is 12.7. The van der Waals surface area contributed by atoms with Crippen LogP contribution in [0.3, 0.4) is 0 Å². The first kappa shape index (κ1) is 16.3. The maximum Gasteiger partial charge on any atom is 0.196 e. The summed E-state index contributed by atoms with van der Waals surface area (Å²) in [5.74, 6) is -0.985. The Morgan fingerprint density at radius 2 is 1.35 bits per heavy atom. The van der Waals surface area contributed by atoms with Crippen molar-refractivity contribution in [1.82, 2.24) is 0 Å². The molecule has 0 unspecified atom stereocenters. The number of halogens is 4. The second-order valence-corrected chi connectivity index (χ2v) is 6.23. The largest absolute Gasteiger partial charge is 0.411 e. The number of carbonyl (C=O) groups is 2. The summed E-state index contributed by atoms with van der Waals surface area (Å²) in [6.45, 7) is 0. The second kappa shape index (κ2) is 5.80. The van der Waals surface area contributed by atoms with E-state index in [9.17, 15) is 9.59 Å². The van der Waals surface area contributed by atoms with E-state index in [2.05, 4.69) is 5.16 Å². The van der Waals surface area contributed by atoms with Crippen molar-refractivity contribution in [1.29, 1.82) is 0 Å². The predicted octanol–water partition coefficient (Wildman–Crippen LogP) is 4.88. The summed E-state index contributed by atoms with van der Waals surface area (Å²) in [7, 11) is 0. The number of nitrogens with zero attached hydrogens (tertiary/aromatic N) is 1. The molecular weight excluding hydrogens is 384 g/mol. The highest BCUT2D eigenvalue weighted by atomic mass is 35.5. The van der Waals surface area contributed by atoms with Crippen LogP contribution in [0.5, 0.6) is 0 Å². The molecule has 0 heterocycles. The number of hydrogen-bond donors (Lipinski definition) is 1. The van der Waals surface area contributed by atoms with Gasteiger partial charge in [0, 0.05) is 11.1 Å². The SMILES string of the molecule is O=C1c2ccc(/C=N/O)cc2C(=O)c2c(Cl)c(Cl)c(Cl)c(Cl)c21. The molecule has 2 aromatic rings. The number of hydrogen-bond acceptors (Lipinski definition) is 4. The molecule has 0 aromatic heterocycles. The minimum atomic E-state index is -0.506. The Balaban J connectivity index is 2.36. The van der Waals surface area contributed by atoms with Crippen molar-refractivity contribution in [2.75, 3.05) is 0 Å². The summed E-state index contributed by atoms with van der Waals surface area (Å²) in [6, 6.07) is 4.40. The second-order valence-electron chi connectivity index (χ2n) is 4.71. The Morgan fingerprint density at radius 1 is 0.826 bits per heavy atom. The molecular formula is C15H5Cl4NO3. The normalized spacial score (nSPS) is 13.4. The molecule has 8 heteroatoms. The molecule has 1 N–H and O–H groups in total. The Morgan fingerprint density at radius 3 is 1.87 bits per heavy atom. The van der Waals surface area contributed by atoms with Gasteiger partial charge in [-0.2, -0.15) is 0 Å². The molecule has 0 amide bonds. The first-order valence-corrected chi connectivity index (χ1v) is 7.66. The molecule has 23 heavy (non-hydrogen) atoms. The Bertz CT molecular complexity index is 922. The summed E-state index contributed by atoms with van der Waals surface area (Å²) in [5.41, 5.74) is 0.581. The molecule has 0 radical (unpaired) electrons. The summed E-state index contributed by atoms with van der Waals surface area (Å²) in [4.78, 5) is 25.4. The van der Waals surface area contributed by atoms with Gasteiger partial charge in [-0.3, -0.25) is 9.59 Å². The van der Waals surface area contributed by atoms with Crippen LogP contribution in [0.2, 0.25) is 20.1 Å². The summed E-state index contributed by atoms with van der Waals surface area (Å²) < 4.78 is 0. The zero-order chi connectivity index (χ0) is 16.9. The minimum absolute atomic E-state index is 0.0628. The monoisotopic (exact) mass is 387 g/mol. The molecule has 4 nitrogen and oxygen atoms in total. The fourth-order valence-electron chi connectivity index (χ4n) is 2.42. The number of ketones is 2. The number of carbonyl (C=O) groups excluding carboxylic acids is 2. The highest BCUT2D eigenvalue weighted by Gasteiger charge is 2.36. The average molecular weight is 389 g/mol. The molecule has 2 aromatic carbocycles. The van der Waals surface area contributed by atoms with Crippen LogP contribution in [-0.4, -0.2) is 23.0 Å². The van der Waals surface area contributed by atoms with Gasteiger partial charge in [-0.15, -0.1) is 0 Å². The third kappa shape index (κ3) is 2.34. The lowest BCUT2D eigenvalue weighted by Crippen LogP contribution is -2.22. The van der Waals surface area contributed by atoms with Crippen LogP contribution in [0.4, 0.5) is 0 Å². The van der Waals surface area contributed by atoms with Gasteiger partial charge in [0.25, 0.3) is 0 Å². The fraction of sp³-hybridized carbons (Fsp3) is 0. The molecule has 1 aliphatic carbocycles. The topological polar surface area (TPSA) is 66.7 Å². The van der Waals surface area contributed by atoms with Crippen molar-refractivity contribution in [2.24, 2.45) is 5.16 Å². The summed E-state index contributed by atoms with van der Waals surface area (Å²) >= 11 is 24.1. The van der Waals surface area contributed by atoms with Gasteiger partial charge in [-0.1, -0.05) is 57.6 Å². The van der Waals surface area contributed by atoms with Gasteiger partial charge >= 0.3 is 0 Å². The summed E-state index contributed by atoms with van der Waals surface area (Å²) in [5, 5.41) is 11.1. The van der Waals surface area contributed by atoms with Gasteiger partial charge in [0.05, 0.1) is 37.4 Å². The van der Waals surface area contributed by atoms with Crippen LogP contribution >= 0.6 is 46.4 Å². The number of oxime groups is 1. The molecule has 0 atom stereocenters. The van der Waals surface area contributed by atoms with Crippen LogP contribution < -0.4 is 0 Å². The van der Waals surface area contributed by atoms with Gasteiger partial charge in [-0.25, -0.2) is 0 Å². The van der Waals surface area contributed by atoms with Crippen LogP contribution in [0.25, 0.3) is 0 Å². The fourth-order valence-corrected chi connectivity index (χ4v) is 3.45. The van der Waals surface area contributed by atoms with Crippen molar-refractivity contribution in [3.63, 3.8) is 0 Å². The molecule has 0 bridgehead atoms. The first-order valence-electron chi connectivity index (χ1n) is 6.15. The van der Waals surface area contributed by atoms with Crippen LogP contribution in [0, 0.1) is 0 Å². The highest BCUT2D eigenvalue weighted by Crippen LogP contribution is 2.45. The zero-order valence-corrected chi connectivity index (χ0v) is 14.1. The average Bonchev–Trinajstić information content (AvgIpc) is 2.54. The van der Waals surface area contributed by atoms with E-state index in [0.29, 0.717) is 5.56 Å². The van der Waals surface area contributed by atoms with E-state index in [0.717, 1.165) is 6.21 Å². The van der Waals surface area contributed by atoms with Crippen LogP contribution in [0.1, 0.15) is 37.4 Å². The molecule has 0 saturated heterocycles. The summed E-state index contributed by atoms with van der Waals surface area (Å²) in [6.07, 6.45) is 1.14.